The zero-order chi connectivity index (χ0) is 10.3. The van der Waals surface area contributed by atoms with Gasteiger partial charge in [-0.05, 0) is 0 Å². The molecule has 0 atom stereocenters. The molecule has 0 heterocycles. The summed E-state index contributed by atoms with van der Waals surface area (Å²) in [5, 5.41) is 8.64. The highest BCUT2D eigenvalue weighted by molar-refractivity contribution is 4.76. The van der Waals surface area contributed by atoms with E-state index in [1.807, 2.05) is 0 Å². The summed E-state index contributed by atoms with van der Waals surface area (Å²) in [6.45, 7) is 4.88. The number of aliphatic hydroxyl groups is 1. The minimum atomic E-state index is -0.0217. The summed E-state index contributed by atoms with van der Waals surface area (Å²) in [5.74, 6) is -0.0217. The molecule has 0 radical (unpaired) electrons. The molecule has 0 saturated heterocycles. The van der Waals surface area contributed by atoms with Crippen molar-refractivity contribution in [2.45, 2.75) is 6.42 Å². The zero-order valence-corrected chi connectivity index (χ0v) is 8.75. The predicted octanol–water partition coefficient (Wildman–Crippen LogP) is 1.10. The van der Waals surface area contributed by atoms with Crippen molar-refractivity contribution in [3.8, 4) is 0 Å². The second kappa shape index (κ2) is 5.96. The van der Waals surface area contributed by atoms with Crippen LogP contribution < -0.4 is 0 Å². The molecule has 1 N–H and O–H groups in total. The van der Waals surface area contributed by atoms with Crippen molar-refractivity contribution in [3.05, 3.63) is 12.3 Å². The molecule has 78 valence electrons. The van der Waals surface area contributed by atoms with Crippen molar-refractivity contribution >= 4 is 0 Å². The monoisotopic (exact) mass is 190 g/mol. The minimum Gasteiger partial charge on any atom is -0.510 e. The average molecular weight is 190 g/mol. The molecule has 4 nitrogen and oxygen atoms in total. The van der Waals surface area contributed by atoms with Gasteiger partial charge in [-0.2, -0.15) is 0 Å². The third kappa shape index (κ3) is 11.4. The van der Waals surface area contributed by atoms with Crippen molar-refractivity contribution in [2.24, 2.45) is 0 Å². The Labute approximate surface area is 79.9 Å². The number of hydrogen-bond donors (Lipinski definition) is 1. The minimum absolute atomic E-state index is 0.0217. The van der Waals surface area contributed by atoms with E-state index in [9.17, 15) is 0 Å². The van der Waals surface area contributed by atoms with Gasteiger partial charge < -0.3 is 9.59 Å². The molecule has 13 heavy (non-hydrogen) atoms. The van der Waals surface area contributed by atoms with Crippen LogP contribution in [0.2, 0.25) is 0 Å². The van der Waals surface area contributed by atoms with Crippen molar-refractivity contribution in [2.75, 3.05) is 40.9 Å². The molecule has 0 saturated carbocycles. The molecule has 0 aliphatic rings. The smallest absolute Gasteiger partial charge is 0.138 e. The number of quaternary nitrogens is 1. The Hall–Kier alpha value is -0.580. The van der Waals surface area contributed by atoms with Gasteiger partial charge in [-0.1, -0.05) is 6.58 Å². The van der Waals surface area contributed by atoms with E-state index in [1.54, 1.807) is 0 Å². The van der Waals surface area contributed by atoms with Gasteiger partial charge in [-0.15, -0.1) is 0 Å². The Balaban J connectivity index is 3.13. The molecule has 0 aromatic heterocycles. The molecule has 0 aromatic rings. The number of rotatable bonds is 7. The summed E-state index contributed by atoms with van der Waals surface area (Å²) in [7, 11) is 6.36. The lowest BCUT2D eigenvalue weighted by Gasteiger charge is -2.23. The van der Waals surface area contributed by atoms with E-state index in [2.05, 4.69) is 32.6 Å². The van der Waals surface area contributed by atoms with E-state index in [0.29, 0.717) is 6.61 Å². The number of nitrogens with zero attached hydrogens (tertiary/aromatic N) is 1. The Morgan fingerprint density at radius 2 is 1.92 bits per heavy atom. The van der Waals surface area contributed by atoms with Gasteiger partial charge in [0.25, 0.3) is 0 Å². The highest BCUT2D eigenvalue weighted by Crippen LogP contribution is 1.94. The fraction of sp³-hybridized carbons (Fsp3) is 0.778. The highest BCUT2D eigenvalue weighted by Gasteiger charge is 2.05. The van der Waals surface area contributed by atoms with E-state index < -0.39 is 0 Å². The van der Waals surface area contributed by atoms with Gasteiger partial charge in [-0.25, -0.2) is 9.78 Å². The van der Waals surface area contributed by atoms with Gasteiger partial charge in [0.2, 0.25) is 0 Å². The van der Waals surface area contributed by atoms with E-state index in [1.165, 1.54) is 0 Å². The second-order valence-electron chi connectivity index (χ2n) is 4.02. The van der Waals surface area contributed by atoms with Crippen LogP contribution in [-0.4, -0.2) is 50.5 Å². The first-order valence-electron chi connectivity index (χ1n) is 4.33. The normalized spacial score (nSPS) is 11.6. The van der Waals surface area contributed by atoms with Gasteiger partial charge in [0.15, 0.2) is 0 Å². The third-order valence-corrected chi connectivity index (χ3v) is 1.37. The maximum Gasteiger partial charge on any atom is 0.138 e. The van der Waals surface area contributed by atoms with Gasteiger partial charge in [0.05, 0.1) is 34.3 Å². The van der Waals surface area contributed by atoms with E-state index in [4.69, 9.17) is 9.99 Å². The van der Waals surface area contributed by atoms with Gasteiger partial charge in [0.1, 0.15) is 12.4 Å². The molecule has 4 heteroatoms. The van der Waals surface area contributed by atoms with Gasteiger partial charge in [0, 0.05) is 6.42 Å². The quantitative estimate of drug-likeness (QED) is 0.215. The SMILES string of the molecule is C=C(O)COOCCC[N+](C)(C)C. The molecule has 0 aliphatic heterocycles. The predicted molar refractivity (Wildman–Crippen MR) is 51.2 cm³/mol. The molecule has 0 rings (SSSR count). The van der Waals surface area contributed by atoms with E-state index in [0.717, 1.165) is 17.4 Å². The second-order valence-corrected chi connectivity index (χ2v) is 4.02. The highest BCUT2D eigenvalue weighted by atomic mass is 17.2. The van der Waals surface area contributed by atoms with Gasteiger partial charge >= 0.3 is 0 Å². The molecule has 0 aromatic carbocycles. The molecule has 0 unspecified atom stereocenters. The summed E-state index contributed by atoms with van der Waals surface area (Å²) in [5.41, 5.74) is 0. The van der Waals surface area contributed by atoms with Crippen LogP contribution in [0.3, 0.4) is 0 Å². The topological polar surface area (TPSA) is 38.7 Å². The first-order chi connectivity index (χ1) is 5.92. The fourth-order valence-corrected chi connectivity index (χ4v) is 0.766. The Morgan fingerprint density at radius 3 is 2.38 bits per heavy atom. The Morgan fingerprint density at radius 1 is 1.31 bits per heavy atom. The summed E-state index contributed by atoms with van der Waals surface area (Å²) >= 11 is 0. The van der Waals surface area contributed by atoms with Crippen molar-refractivity contribution in [1.29, 1.82) is 0 Å². The first kappa shape index (κ1) is 12.4. The van der Waals surface area contributed by atoms with Crippen LogP contribution >= 0.6 is 0 Å². The van der Waals surface area contributed by atoms with E-state index >= 15 is 0 Å². The Kier molecular flexibility index (Phi) is 5.70. The maximum atomic E-state index is 8.64. The van der Waals surface area contributed by atoms with Crippen molar-refractivity contribution in [3.63, 3.8) is 0 Å². The van der Waals surface area contributed by atoms with Crippen LogP contribution in [0.5, 0.6) is 0 Å². The standard InChI is InChI=1S/C9H19NO3/c1-9(11)8-13-12-7-5-6-10(2,3)4/h1,5-8H2,2-4H3/p+1. The zero-order valence-electron chi connectivity index (χ0n) is 8.75. The molecular formula is C9H20NO3+. The average Bonchev–Trinajstić information content (AvgIpc) is 1.93. The van der Waals surface area contributed by atoms with E-state index in [-0.39, 0.29) is 12.4 Å². The van der Waals surface area contributed by atoms with Crippen LogP contribution in [0.4, 0.5) is 0 Å². The molecule has 0 aliphatic carbocycles. The fourth-order valence-electron chi connectivity index (χ4n) is 0.766. The summed E-state index contributed by atoms with van der Waals surface area (Å²) < 4.78 is 0.913. The van der Waals surface area contributed by atoms with Crippen molar-refractivity contribution in [1.82, 2.24) is 0 Å². The Bertz CT molecular complexity index is 151. The summed E-state index contributed by atoms with van der Waals surface area (Å²) in [4.78, 5) is 9.46. The molecule has 0 spiro atoms. The molecule has 0 bridgehead atoms. The molecular weight excluding hydrogens is 170 g/mol. The molecule has 0 amide bonds. The van der Waals surface area contributed by atoms with Crippen LogP contribution in [0.15, 0.2) is 12.3 Å². The summed E-state index contributed by atoms with van der Waals surface area (Å²) in [6, 6.07) is 0. The largest absolute Gasteiger partial charge is 0.510 e. The van der Waals surface area contributed by atoms with Crippen molar-refractivity contribution < 1.29 is 19.4 Å². The van der Waals surface area contributed by atoms with Gasteiger partial charge in [-0.3, -0.25) is 0 Å². The van der Waals surface area contributed by atoms with Crippen LogP contribution in [0, 0.1) is 0 Å². The maximum absolute atomic E-state index is 8.64. The number of aliphatic hydroxyl groups excluding tert-OH is 1. The van der Waals surface area contributed by atoms with Crippen LogP contribution in [0.1, 0.15) is 6.42 Å². The van der Waals surface area contributed by atoms with Crippen LogP contribution in [-0.2, 0) is 9.78 Å². The van der Waals surface area contributed by atoms with Crippen LogP contribution in [0.25, 0.3) is 0 Å². The number of hydrogen-bond acceptors (Lipinski definition) is 3. The lowest BCUT2D eigenvalue weighted by molar-refractivity contribution is -0.870. The lowest BCUT2D eigenvalue weighted by Crippen LogP contribution is -2.35. The molecule has 0 fully saturated rings. The summed E-state index contributed by atoms with van der Waals surface area (Å²) in [6.07, 6.45) is 0.932. The lowest BCUT2D eigenvalue weighted by atomic mass is 10.4. The third-order valence-electron chi connectivity index (χ3n) is 1.37. The first-order valence-corrected chi connectivity index (χ1v) is 4.33.